The van der Waals surface area contributed by atoms with Gasteiger partial charge in [0.2, 0.25) is 0 Å². The maximum atomic E-state index is 14.1. The predicted octanol–water partition coefficient (Wildman–Crippen LogP) is 4.16. The van der Waals surface area contributed by atoms with Gasteiger partial charge in [0.1, 0.15) is 17.2 Å². The van der Waals surface area contributed by atoms with Gasteiger partial charge in [0, 0.05) is 45.0 Å². The molecule has 2 aliphatic carbocycles. The number of carbonyl (C=O) groups is 2. The number of para-hydroxylation sites is 1. The fraction of sp³-hybridized carbons (Fsp3) is 0.714. The van der Waals surface area contributed by atoms with Crippen molar-refractivity contribution < 1.29 is 34.1 Å². The van der Waals surface area contributed by atoms with E-state index < -0.39 is 47.6 Å². The minimum atomic E-state index is -1.54. The predicted molar refractivity (Wildman–Crippen MR) is 174 cm³/mol. The summed E-state index contributed by atoms with van der Waals surface area (Å²) in [6.07, 6.45) is 3.24. The molecule has 254 valence electrons. The lowest BCUT2D eigenvalue weighted by Crippen LogP contribution is -2.66. The van der Waals surface area contributed by atoms with Crippen LogP contribution in [0.25, 0.3) is 0 Å². The van der Waals surface area contributed by atoms with Gasteiger partial charge in [-0.3, -0.25) is 24.8 Å². The summed E-state index contributed by atoms with van der Waals surface area (Å²) in [7, 11) is 1.70. The van der Waals surface area contributed by atoms with Gasteiger partial charge in [0.15, 0.2) is 18.4 Å². The van der Waals surface area contributed by atoms with Gasteiger partial charge < -0.3 is 24.6 Å². The molecule has 3 fully saturated rings. The van der Waals surface area contributed by atoms with Gasteiger partial charge in [0.05, 0.1) is 10.7 Å². The summed E-state index contributed by atoms with van der Waals surface area (Å²) >= 11 is 6.46. The largest absolute Gasteiger partial charge is 0.454 e. The maximum absolute atomic E-state index is 14.1. The first kappa shape index (κ1) is 33.7. The molecule has 0 bridgehead atoms. The Hall–Kier alpha value is -2.21. The van der Waals surface area contributed by atoms with Gasteiger partial charge in [-0.05, 0) is 74.5 Å². The average Bonchev–Trinajstić information content (AvgIpc) is 3.34. The highest BCUT2D eigenvalue weighted by Gasteiger charge is 2.62. The molecule has 10 nitrogen and oxygen atoms in total. The standard InChI is InChI=1S/C35H50ClN3O7/c1-19-9-8-14-39(17-19)18-21(3)24-13-12-22(4)35(43)26(24)15-20(2)30(44-23(5)40)31(35)45-32(41)28-16-34(42)25-10-7-11-27(36)29(25)38(6)46-33(34)37-28/h7,10-11,15,19,21-22,24,26,28,30-31,33,37,42-43H,8-9,12-14,16-18H2,1-6H3/t19?,21?,22-,24+,26-,28+,30-,31+,33-,34-,35-/m1/s1. The molecule has 6 rings (SSSR count). The van der Waals surface area contributed by atoms with E-state index in [0.717, 1.165) is 38.0 Å². The van der Waals surface area contributed by atoms with Crippen LogP contribution < -0.4 is 10.4 Å². The minimum absolute atomic E-state index is 0.0250. The molecule has 46 heavy (non-hydrogen) atoms. The van der Waals surface area contributed by atoms with Gasteiger partial charge in [-0.1, -0.05) is 50.6 Å². The Bertz CT molecular complexity index is 1380. The fourth-order valence-corrected chi connectivity index (χ4v) is 9.45. The van der Waals surface area contributed by atoms with Crippen LogP contribution in [0.2, 0.25) is 5.02 Å². The fourth-order valence-electron chi connectivity index (χ4n) is 9.16. The normalized spacial score (nSPS) is 39.8. The third-order valence-corrected chi connectivity index (χ3v) is 11.8. The Morgan fingerprint density at radius 3 is 2.67 bits per heavy atom. The van der Waals surface area contributed by atoms with E-state index in [-0.39, 0.29) is 24.2 Å². The van der Waals surface area contributed by atoms with Crippen LogP contribution in [0.5, 0.6) is 0 Å². The van der Waals surface area contributed by atoms with Gasteiger partial charge in [-0.2, -0.15) is 0 Å². The van der Waals surface area contributed by atoms with E-state index in [1.165, 1.54) is 24.8 Å². The van der Waals surface area contributed by atoms with Crippen LogP contribution in [0.15, 0.2) is 29.8 Å². The van der Waals surface area contributed by atoms with Gasteiger partial charge in [-0.25, -0.2) is 0 Å². The number of benzene rings is 1. The number of ether oxygens (including phenoxy) is 2. The Balaban J connectivity index is 1.28. The van der Waals surface area contributed by atoms with Crippen molar-refractivity contribution in [1.29, 1.82) is 0 Å². The number of hydrogen-bond donors (Lipinski definition) is 3. The first-order chi connectivity index (χ1) is 21.7. The smallest absolute Gasteiger partial charge is 0.323 e. The van der Waals surface area contributed by atoms with Crippen molar-refractivity contribution in [1.82, 2.24) is 10.2 Å². The summed E-state index contributed by atoms with van der Waals surface area (Å²) < 4.78 is 12.1. The lowest BCUT2D eigenvalue weighted by molar-refractivity contribution is -0.225. The van der Waals surface area contributed by atoms with Crippen LogP contribution in [0.1, 0.15) is 72.3 Å². The number of rotatable bonds is 6. The quantitative estimate of drug-likeness (QED) is 0.303. The van der Waals surface area contributed by atoms with Crippen LogP contribution in [0, 0.1) is 29.6 Å². The molecule has 1 aromatic rings. The molecule has 11 atom stereocenters. The molecule has 0 radical (unpaired) electrons. The van der Waals surface area contributed by atoms with Crippen molar-refractivity contribution >= 4 is 29.2 Å². The molecule has 3 heterocycles. The van der Waals surface area contributed by atoms with E-state index in [1.54, 1.807) is 25.2 Å². The summed E-state index contributed by atoms with van der Waals surface area (Å²) in [4.78, 5) is 34.9. The SMILES string of the molecule is CC(=O)O[C@@H]1C(C)=C[C@@H]2[C@H](C(C)CN3CCCC(C)C3)CC[C@@H](C)[C@]2(O)[C@H]1OC(=O)[C@@H]1C[C@@]2(O)c3cccc(Cl)c3N(C)O[C@H]2N1. The summed E-state index contributed by atoms with van der Waals surface area (Å²) in [5.41, 5.74) is -1.15. The lowest BCUT2D eigenvalue weighted by Gasteiger charge is -2.56. The number of aliphatic hydroxyl groups is 2. The molecule has 0 amide bonds. The van der Waals surface area contributed by atoms with E-state index in [0.29, 0.717) is 28.1 Å². The van der Waals surface area contributed by atoms with E-state index in [9.17, 15) is 19.8 Å². The first-order valence-electron chi connectivity index (χ1n) is 16.9. The second kappa shape index (κ2) is 12.7. The second-order valence-electron chi connectivity index (χ2n) is 14.8. The summed E-state index contributed by atoms with van der Waals surface area (Å²) in [5.74, 6) is -0.528. The zero-order chi connectivity index (χ0) is 33.1. The number of carbonyl (C=O) groups excluding carboxylic acids is 2. The third kappa shape index (κ3) is 5.77. The van der Waals surface area contributed by atoms with Gasteiger partial charge in [-0.15, -0.1) is 0 Å². The van der Waals surface area contributed by atoms with Crippen molar-refractivity contribution in [2.24, 2.45) is 29.6 Å². The molecule has 3 aliphatic heterocycles. The number of esters is 2. The number of piperidine rings is 1. The van der Waals surface area contributed by atoms with Crippen LogP contribution in [0.3, 0.4) is 0 Å². The molecule has 3 N–H and O–H groups in total. The molecule has 0 spiro atoms. The Kier molecular flexibility index (Phi) is 9.28. The number of likely N-dealkylation sites (tertiary alicyclic amines) is 1. The number of nitrogens with zero attached hydrogens (tertiary/aromatic N) is 2. The zero-order valence-electron chi connectivity index (χ0n) is 27.9. The van der Waals surface area contributed by atoms with Crippen molar-refractivity contribution in [3.63, 3.8) is 0 Å². The van der Waals surface area contributed by atoms with Crippen molar-refractivity contribution in [3.05, 3.63) is 40.4 Å². The van der Waals surface area contributed by atoms with Crippen LogP contribution >= 0.6 is 11.6 Å². The topological polar surface area (TPSA) is 121 Å². The zero-order valence-corrected chi connectivity index (χ0v) is 28.6. The van der Waals surface area contributed by atoms with E-state index in [1.807, 2.05) is 13.8 Å². The highest BCUT2D eigenvalue weighted by Crippen LogP contribution is 2.53. The maximum Gasteiger partial charge on any atom is 0.323 e. The van der Waals surface area contributed by atoms with Gasteiger partial charge >= 0.3 is 11.9 Å². The molecular formula is C35H50ClN3O7. The number of hydroxylamine groups is 1. The molecular weight excluding hydrogens is 610 g/mol. The Morgan fingerprint density at radius 1 is 1.20 bits per heavy atom. The highest BCUT2D eigenvalue weighted by atomic mass is 35.5. The van der Waals surface area contributed by atoms with E-state index >= 15 is 0 Å². The Labute approximate surface area is 277 Å². The van der Waals surface area contributed by atoms with Gasteiger partial charge in [0.25, 0.3) is 0 Å². The van der Waals surface area contributed by atoms with E-state index in [2.05, 4.69) is 30.1 Å². The first-order valence-corrected chi connectivity index (χ1v) is 17.3. The number of fused-ring (bicyclic) bond motifs is 4. The summed E-state index contributed by atoms with van der Waals surface area (Å²) in [5, 5.41) is 29.7. The van der Waals surface area contributed by atoms with Crippen molar-refractivity contribution in [2.75, 3.05) is 31.7 Å². The molecule has 1 aromatic carbocycles. The third-order valence-electron chi connectivity index (χ3n) is 11.5. The lowest BCUT2D eigenvalue weighted by atomic mass is 9.55. The number of hydrogen-bond acceptors (Lipinski definition) is 10. The van der Waals surface area contributed by atoms with E-state index in [4.69, 9.17) is 25.9 Å². The molecule has 2 unspecified atom stereocenters. The van der Waals surface area contributed by atoms with Crippen molar-refractivity contribution in [3.8, 4) is 0 Å². The second-order valence-corrected chi connectivity index (χ2v) is 15.2. The summed E-state index contributed by atoms with van der Waals surface area (Å²) in [6, 6.07) is 4.30. The molecule has 5 aliphatic rings. The van der Waals surface area contributed by atoms with Crippen LogP contribution in [-0.2, 0) is 29.5 Å². The van der Waals surface area contributed by atoms with Crippen molar-refractivity contribution in [2.45, 2.75) is 102 Å². The average molecular weight is 660 g/mol. The number of anilines is 1. The van der Waals surface area contributed by atoms with Crippen LogP contribution in [0.4, 0.5) is 5.69 Å². The number of nitrogens with one attached hydrogen (secondary N) is 1. The highest BCUT2D eigenvalue weighted by molar-refractivity contribution is 6.33. The number of halogens is 1. The van der Waals surface area contributed by atoms with Crippen LogP contribution in [-0.4, -0.2) is 83.8 Å². The summed E-state index contributed by atoms with van der Waals surface area (Å²) in [6.45, 7) is 12.9. The molecule has 1 saturated carbocycles. The monoisotopic (exact) mass is 659 g/mol. The molecule has 11 heteroatoms. The molecule has 0 aromatic heterocycles. The minimum Gasteiger partial charge on any atom is -0.454 e. The Morgan fingerprint density at radius 2 is 1.96 bits per heavy atom. The molecule has 2 saturated heterocycles.